The number of carbonyl (C=O) groups excluding carboxylic acids is 3. The molecule has 1 aliphatic carbocycles. The third-order valence-electron chi connectivity index (χ3n) is 6.68. The van der Waals surface area contributed by atoms with Crippen molar-refractivity contribution in [2.45, 2.75) is 69.9 Å². The van der Waals surface area contributed by atoms with Crippen LogP contribution in [0.15, 0.2) is 18.2 Å². The zero-order valence-corrected chi connectivity index (χ0v) is 16.3. The summed E-state index contributed by atoms with van der Waals surface area (Å²) in [5.41, 5.74) is 7.71. The van der Waals surface area contributed by atoms with Gasteiger partial charge < -0.3 is 10.6 Å². The summed E-state index contributed by atoms with van der Waals surface area (Å²) in [4.78, 5) is 39.0. The molecule has 3 heterocycles. The molecule has 0 radical (unpaired) electrons. The number of carbonyl (C=O) groups is 3. The molecule has 1 saturated carbocycles. The molecule has 0 aromatic heterocycles. The molecule has 3 fully saturated rings. The molecule has 6 heteroatoms. The summed E-state index contributed by atoms with van der Waals surface area (Å²) in [7, 11) is 0. The molecule has 3 N–H and O–H groups in total. The van der Waals surface area contributed by atoms with Crippen molar-refractivity contribution in [2.75, 3.05) is 6.54 Å². The first-order valence-corrected chi connectivity index (χ1v) is 10.5. The molecule has 0 unspecified atom stereocenters. The van der Waals surface area contributed by atoms with Crippen LogP contribution in [-0.2, 0) is 22.6 Å². The van der Waals surface area contributed by atoms with Crippen LogP contribution >= 0.6 is 0 Å². The van der Waals surface area contributed by atoms with Crippen molar-refractivity contribution in [1.82, 2.24) is 10.2 Å². The van der Waals surface area contributed by atoms with Gasteiger partial charge in [0.05, 0.1) is 0 Å². The van der Waals surface area contributed by atoms with Crippen LogP contribution in [0.1, 0.15) is 72.9 Å². The van der Waals surface area contributed by atoms with Gasteiger partial charge in [-0.3, -0.25) is 19.7 Å². The molecule has 1 aromatic carbocycles. The van der Waals surface area contributed by atoms with Crippen molar-refractivity contribution in [2.24, 2.45) is 11.7 Å². The van der Waals surface area contributed by atoms with Gasteiger partial charge in [-0.1, -0.05) is 37.8 Å². The second kappa shape index (κ2) is 7.66. The minimum atomic E-state index is -0.824. The fourth-order valence-corrected chi connectivity index (χ4v) is 4.94. The first-order valence-electron chi connectivity index (χ1n) is 10.5. The highest BCUT2D eigenvalue weighted by molar-refractivity contribution is 6.10. The van der Waals surface area contributed by atoms with E-state index >= 15 is 0 Å². The molecule has 28 heavy (non-hydrogen) atoms. The molecule has 150 valence electrons. The number of unbranched alkanes of at least 4 members (excludes halogenated alkanes) is 5. The Morgan fingerprint density at radius 2 is 1.75 bits per heavy atom. The van der Waals surface area contributed by atoms with Crippen molar-refractivity contribution < 1.29 is 14.4 Å². The van der Waals surface area contributed by atoms with E-state index in [1.807, 2.05) is 12.1 Å². The van der Waals surface area contributed by atoms with Crippen LogP contribution in [0.2, 0.25) is 0 Å². The number of nitrogens with two attached hydrogens (primary N) is 1. The second-order valence-corrected chi connectivity index (χ2v) is 8.45. The largest absolute Gasteiger partial charge is 0.330 e. The molecule has 6 nitrogen and oxygen atoms in total. The van der Waals surface area contributed by atoms with Gasteiger partial charge in [-0.25, -0.2) is 0 Å². The van der Waals surface area contributed by atoms with Gasteiger partial charge in [0.1, 0.15) is 5.54 Å². The molecule has 1 aromatic rings. The maximum absolute atomic E-state index is 13.0. The third-order valence-corrected chi connectivity index (χ3v) is 6.68. The summed E-state index contributed by atoms with van der Waals surface area (Å²) in [5, 5.41) is 2.44. The number of aryl methyl sites for hydroxylation is 1. The minimum Gasteiger partial charge on any atom is -0.330 e. The Bertz CT molecular complexity index is 798. The lowest BCUT2D eigenvalue weighted by Gasteiger charge is -2.53. The number of piperidine rings is 2. The Kier molecular flexibility index (Phi) is 5.23. The molecule has 3 amide bonds. The highest BCUT2D eigenvalue weighted by Gasteiger charge is 2.63. The molecule has 0 spiro atoms. The van der Waals surface area contributed by atoms with E-state index in [4.69, 9.17) is 5.73 Å². The number of imide groups is 1. The number of hydrogen-bond donors (Lipinski definition) is 2. The average molecular weight is 383 g/mol. The summed E-state index contributed by atoms with van der Waals surface area (Å²) in [6, 6.07) is 5.92. The van der Waals surface area contributed by atoms with E-state index in [0.29, 0.717) is 19.4 Å². The summed E-state index contributed by atoms with van der Waals surface area (Å²) in [6.07, 6.45) is 8.94. The van der Waals surface area contributed by atoms with Crippen molar-refractivity contribution >= 4 is 17.7 Å². The Balaban J connectivity index is 1.40. The SMILES string of the molecule is NCCCCCCCCc1cccc2c1CN(C13CC(C1)C(=O)NC3=O)C2=O. The van der Waals surface area contributed by atoms with Crippen molar-refractivity contribution in [3.8, 4) is 0 Å². The van der Waals surface area contributed by atoms with Gasteiger partial charge in [-0.05, 0) is 55.8 Å². The number of nitrogens with one attached hydrogen (secondary N) is 1. The monoisotopic (exact) mass is 383 g/mol. The Morgan fingerprint density at radius 3 is 2.46 bits per heavy atom. The van der Waals surface area contributed by atoms with Gasteiger partial charge in [0, 0.05) is 18.0 Å². The normalized spacial score (nSPS) is 25.5. The first-order chi connectivity index (χ1) is 13.6. The van der Waals surface area contributed by atoms with Gasteiger partial charge in [0.25, 0.3) is 11.8 Å². The third kappa shape index (κ3) is 3.13. The molecule has 2 saturated heterocycles. The van der Waals surface area contributed by atoms with E-state index in [0.717, 1.165) is 36.9 Å². The van der Waals surface area contributed by atoms with E-state index in [-0.39, 0.29) is 23.6 Å². The van der Waals surface area contributed by atoms with Gasteiger partial charge >= 0.3 is 0 Å². The van der Waals surface area contributed by atoms with Crippen molar-refractivity contribution in [3.05, 3.63) is 34.9 Å². The summed E-state index contributed by atoms with van der Waals surface area (Å²) in [6.45, 7) is 1.25. The molecular weight excluding hydrogens is 354 g/mol. The summed E-state index contributed by atoms with van der Waals surface area (Å²) >= 11 is 0. The smallest absolute Gasteiger partial charge is 0.255 e. The van der Waals surface area contributed by atoms with E-state index in [9.17, 15) is 14.4 Å². The predicted molar refractivity (Wildman–Crippen MR) is 105 cm³/mol. The Labute approximate surface area is 165 Å². The number of fused-ring (bicyclic) bond motifs is 3. The van der Waals surface area contributed by atoms with E-state index < -0.39 is 5.54 Å². The maximum atomic E-state index is 13.0. The first kappa shape index (κ1) is 19.1. The van der Waals surface area contributed by atoms with Crippen LogP contribution in [0, 0.1) is 5.92 Å². The van der Waals surface area contributed by atoms with Crippen LogP contribution < -0.4 is 11.1 Å². The zero-order valence-electron chi connectivity index (χ0n) is 16.3. The van der Waals surface area contributed by atoms with Crippen LogP contribution in [-0.4, -0.2) is 34.7 Å². The van der Waals surface area contributed by atoms with Gasteiger partial charge in [0.15, 0.2) is 0 Å². The predicted octanol–water partition coefficient (Wildman–Crippen LogP) is 2.29. The van der Waals surface area contributed by atoms with Crippen LogP contribution in [0.5, 0.6) is 0 Å². The lowest BCUT2D eigenvalue weighted by Crippen LogP contribution is -2.73. The highest BCUT2D eigenvalue weighted by Crippen LogP contribution is 2.49. The fraction of sp³-hybridized carbons (Fsp3) is 0.591. The Hall–Kier alpha value is -2.21. The summed E-state index contributed by atoms with van der Waals surface area (Å²) in [5.74, 6) is -0.696. The standard InChI is InChI=1S/C22H29N3O3/c23-11-6-4-2-1-3-5-8-15-9-7-10-17-18(15)14-25(20(17)27)22-12-16(13-22)19(26)24-21(22)28/h7,9-10,16H,1-6,8,11-14,23H2,(H,24,26,28). The molecule has 0 atom stereocenters. The number of nitrogens with zero attached hydrogens (tertiary/aromatic N) is 1. The van der Waals surface area contributed by atoms with Gasteiger partial charge in [0.2, 0.25) is 5.91 Å². The average Bonchev–Trinajstić information content (AvgIpc) is 2.98. The molecule has 3 aliphatic heterocycles. The number of hydrogen-bond acceptors (Lipinski definition) is 4. The topological polar surface area (TPSA) is 92.5 Å². The fourth-order valence-electron chi connectivity index (χ4n) is 4.94. The van der Waals surface area contributed by atoms with E-state index in [2.05, 4.69) is 11.4 Å². The van der Waals surface area contributed by atoms with Crippen LogP contribution in [0.25, 0.3) is 0 Å². The lowest BCUT2D eigenvalue weighted by atomic mass is 9.63. The van der Waals surface area contributed by atoms with Crippen molar-refractivity contribution in [1.29, 1.82) is 0 Å². The highest BCUT2D eigenvalue weighted by atomic mass is 16.2. The lowest BCUT2D eigenvalue weighted by molar-refractivity contribution is -0.160. The minimum absolute atomic E-state index is 0.0680. The summed E-state index contributed by atoms with van der Waals surface area (Å²) < 4.78 is 0. The van der Waals surface area contributed by atoms with E-state index in [1.54, 1.807) is 4.90 Å². The molecule has 5 rings (SSSR count). The van der Waals surface area contributed by atoms with Gasteiger partial charge in [-0.15, -0.1) is 0 Å². The van der Waals surface area contributed by atoms with Gasteiger partial charge in [-0.2, -0.15) is 0 Å². The molecule has 2 bridgehead atoms. The second-order valence-electron chi connectivity index (χ2n) is 8.45. The van der Waals surface area contributed by atoms with Crippen molar-refractivity contribution in [3.63, 3.8) is 0 Å². The number of amides is 3. The quantitative estimate of drug-likeness (QED) is 0.505. The maximum Gasteiger partial charge on any atom is 0.255 e. The number of rotatable bonds is 9. The number of benzene rings is 1. The van der Waals surface area contributed by atoms with Crippen LogP contribution in [0.3, 0.4) is 0 Å². The molecule has 4 aliphatic rings. The zero-order chi connectivity index (χ0) is 19.7. The van der Waals surface area contributed by atoms with Crippen LogP contribution in [0.4, 0.5) is 0 Å². The van der Waals surface area contributed by atoms with E-state index in [1.165, 1.54) is 31.2 Å². The Morgan fingerprint density at radius 1 is 1.04 bits per heavy atom. The molecular formula is C22H29N3O3.